The molecule has 0 saturated carbocycles. The number of methoxy groups -OCH3 is 1. The first kappa shape index (κ1) is 21.4. The van der Waals surface area contributed by atoms with Gasteiger partial charge in [-0.1, -0.05) is 38.1 Å². The molecular weight excluding hydrogens is 380 g/mol. The highest BCUT2D eigenvalue weighted by Crippen LogP contribution is 2.23. The van der Waals surface area contributed by atoms with Crippen LogP contribution in [0.1, 0.15) is 26.1 Å². The topological polar surface area (TPSA) is 85.2 Å². The van der Waals surface area contributed by atoms with Gasteiger partial charge in [0.2, 0.25) is 11.8 Å². The molecule has 2 amide bonds. The molecule has 0 atom stereocenters. The number of anilines is 1. The molecule has 7 nitrogen and oxygen atoms in total. The highest BCUT2D eigenvalue weighted by atomic mass is 16.5. The van der Waals surface area contributed by atoms with E-state index in [1.807, 2.05) is 54.8 Å². The smallest absolute Gasteiger partial charge is 0.244 e. The number of ether oxygens (including phenoxy) is 1. The molecule has 30 heavy (non-hydrogen) atoms. The Morgan fingerprint density at radius 3 is 2.60 bits per heavy atom. The van der Waals surface area contributed by atoms with Gasteiger partial charge in [-0.05, 0) is 30.7 Å². The van der Waals surface area contributed by atoms with Crippen LogP contribution in [0.2, 0.25) is 0 Å². The van der Waals surface area contributed by atoms with Crippen LogP contribution in [-0.4, -0.2) is 35.0 Å². The lowest BCUT2D eigenvalue weighted by atomic mass is 10.2. The predicted molar refractivity (Wildman–Crippen MR) is 118 cm³/mol. The molecule has 0 bridgehead atoms. The van der Waals surface area contributed by atoms with E-state index in [4.69, 9.17) is 9.72 Å². The van der Waals surface area contributed by atoms with E-state index in [0.29, 0.717) is 24.4 Å². The number of fused-ring (bicyclic) bond motifs is 1. The Morgan fingerprint density at radius 1 is 1.10 bits per heavy atom. The molecule has 7 heteroatoms. The normalized spacial score (nSPS) is 10.9. The third-order valence-corrected chi connectivity index (χ3v) is 4.82. The summed E-state index contributed by atoms with van der Waals surface area (Å²) in [5.74, 6) is 1.29. The molecule has 0 fully saturated rings. The standard InChI is InChI=1S/C23H28N4O3/c1-16(2)23(29)24-14-8-13-21-25-17-9-4-6-11-19(17)27(21)15-22(28)26-18-10-5-7-12-20(18)30-3/h4-7,9-12,16H,8,13-15H2,1-3H3,(H,24,29)(H,26,28). The fourth-order valence-corrected chi connectivity index (χ4v) is 3.24. The second kappa shape index (κ2) is 9.91. The number of rotatable bonds is 9. The first-order chi connectivity index (χ1) is 14.5. The number of aromatic nitrogens is 2. The van der Waals surface area contributed by atoms with Crippen molar-refractivity contribution in [1.29, 1.82) is 0 Å². The van der Waals surface area contributed by atoms with Crippen LogP contribution < -0.4 is 15.4 Å². The number of hydrogen-bond donors (Lipinski definition) is 2. The van der Waals surface area contributed by atoms with Crippen molar-refractivity contribution in [2.24, 2.45) is 5.92 Å². The highest BCUT2D eigenvalue weighted by molar-refractivity contribution is 5.93. The lowest BCUT2D eigenvalue weighted by molar-refractivity contribution is -0.124. The zero-order valence-electron chi connectivity index (χ0n) is 17.6. The molecule has 2 N–H and O–H groups in total. The third-order valence-electron chi connectivity index (χ3n) is 4.82. The van der Waals surface area contributed by atoms with Crippen LogP contribution in [0, 0.1) is 5.92 Å². The first-order valence-electron chi connectivity index (χ1n) is 10.1. The summed E-state index contributed by atoms with van der Waals surface area (Å²) in [7, 11) is 1.57. The van der Waals surface area contributed by atoms with E-state index in [1.54, 1.807) is 19.2 Å². The van der Waals surface area contributed by atoms with Gasteiger partial charge in [-0.15, -0.1) is 0 Å². The fourth-order valence-electron chi connectivity index (χ4n) is 3.24. The molecule has 3 rings (SSSR count). The predicted octanol–water partition coefficient (Wildman–Crippen LogP) is 3.39. The quantitative estimate of drug-likeness (QED) is 0.532. The molecule has 0 unspecified atom stereocenters. The highest BCUT2D eigenvalue weighted by Gasteiger charge is 2.15. The van der Waals surface area contributed by atoms with Crippen LogP contribution in [0.3, 0.4) is 0 Å². The van der Waals surface area contributed by atoms with E-state index in [9.17, 15) is 9.59 Å². The van der Waals surface area contributed by atoms with Gasteiger partial charge in [0.05, 0.1) is 23.8 Å². The Hall–Kier alpha value is -3.35. The summed E-state index contributed by atoms with van der Waals surface area (Å²) in [6.45, 7) is 4.46. The maximum absolute atomic E-state index is 12.8. The summed E-state index contributed by atoms with van der Waals surface area (Å²) in [6.07, 6.45) is 1.41. The number of nitrogens with one attached hydrogen (secondary N) is 2. The van der Waals surface area contributed by atoms with Gasteiger partial charge < -0.3 is 19.9 Å². The van der Waals surface area contributed by atoms with E-state index < -0.39 is 0 Å². The minimum atomic E-state index is -0.156. The van der Waals surface area contributed by atoms with Gasteiger partial charge in [0.1, 0.15) is 18.1 Å². The fraction of sp³-hybridized carbons (Fsp3) is 0.348. The molecule has 0 aliphatic heterocycles. The molecule has 1 heterocycles. The minimum Gasteiger partial charge on any atom is -0.495 e. The zero-order valence-corrected chi connectivity index (χ0v) is 17.6. The molecule has 0 spiro atoms. The summed E-state index contributed by atoms with van der Waals surface area (Å²) < 4.78 is 7.24. The zero-order chi connectivity index (χ0) is 21.5. The Labute approximate surface area is 176 Å². The van der Waals surface area contributed by atoms with Crippen LogP contribution in [0.15, 0.2) is 48.5 Å². The Balaban J connectivity index is 1.72. The molecule has 0 aliphatic carbocycles. The van der Waals surface area contributed by atoms with Crippen molar-refractivity contribution < 1.29 is 14.3 Å². The Morgan fingerprint density at radius 2 is 1.83 bits per heavy atom. The number of carbonyl (C=O) groups is 2. The largest absolute Gasteiger partial charge is 0.495 e. The van der Waals surface area contributed by atoms with Crippen LogP contribution >= 0.6 is 0 Å². The van der Waals surface area contributed by atoms with Crippen molar-refractivity contribution in [1.82, 2.24) is 14.9 Å². The van der Waals surface area contributed by atoms with Gasteiger partial charge in [0.15, 0.2) is 0 Å². The molecule has 1 aromatic heterocycles. The monoisotopic (exact) mass is 408 g/mol. The second-order valence-electron chi connectivity index (χ2n) is 7.40. The second-order valence-corrected chi connectivity index (χ2v) is 7.40. The molecule has 2 aromatic carbocycles. The minimum absolute atomic E-state index is 0.0340. The van der Waals surface area contributed by atoms with Gasteiger partial charge in [0.25, 0.3) is 0 Å². The third kappa shape index (κ3) is 5.17. The average molecular weight is 409 g/mol. The van der Waals surface area contributed by atoms with Crippen molar-refractivity contribution >= 4 is 28.5 Å². The summed E-state index contributed by atoms with van der Waals surface area (Å²) in [4.78, 5) is 29.2. The number of carbonyl (C=O) groups excluding carboxylic acids is 2. The van der Waals surface area contributed by atoms with Gasteiger partial charge in [-0.25, -0.2) is 4.98 Å². The van der Waals surface area contributed by atoms with E-state index in [1.165, 1.54) is 0 Å². The molecular formula is C23H28N4O3. The number of para-hydroxylation sites is 4. The van der Waals surface area contributed by atoms with Gasteiger partial charge in [-0.2, -0.15) is 0 Å². The van der Waals surface area contributed by atoms with E-state index in [2.05, 4.69) is 10.6 Å². The lowest BCUT2D eigenvalue weighted by Crippen LogP contribution is -2.29. The van der Waals surface area contributed by atoms with Crippen LogP contribution in [0.25, 0.3) is 11.0 Å². The number of aryl methyl sites for hydroxylation is 1. The number of amides is 2. The summed E-state index contributed by atoms with van der Waals surface area (Å²) in [5, 5.41) is 5.84. The summed E-state index contributed by atoms with van der Waals surface area (Å²) in [5.41, 5.74) is 2.39. The van der Waals surface area contributed by atoms with Crippen molar-refractivity contribution in [3.05, 3.63) is 54.4 Å². The maximum Gasteiger partial charge on any atom is 0.244 e. The van der Waals surface area contributed by atoms with E-state index in [0.717, 1.165) is 23.3 Å². The van der Waals surface area contributed by atoms with Gasteiger partial charge in [-0.3, -0.25) is 9.59 Å². The summed E-state index contributed by atoms with van der Waals surface area (Å²) >= 11 is 0. The molecule has 0 aliphatic rings. The Bertz CT molecular complexity index is 1030. The van der Waals surface area contributed by atoms with E-state index >= 15 is 0 Å². The molecule has 3 aromatic rings. The van der Waals surface area contributed by atoms with Crippen LogP contribution in [-0.2, 0) is 22.6 Å². The van der Waals surface area contributed by atoms with Crippen LogP contribution in [0.5, 0.6) is 5.75 Å². The lowest BCUT2D eigenvalue weighted by Gasteiger charge is -2.12. The Kier molecular flexibility index (Phi) is 7.06. The van der Waals surface area contributed by atoms with Crippen LogP contribution in [0.4, 0.5) is 5.69 Å². The van der Waals surface area contributed by atoms with Gasteiger partial charge in [0, 0.05) is 18.9 Å². The number of nitrogens with zero attached hydrogens (tertiary/aromatic N) is 2. The molecule has 0 saturated heterocycles. The van der Waals surface area contributed by atoms with Crippen molar-refractivity contribution in [2.45, 2.75) is 33.2 Å². The maximum atomic E-state index is 12.8. The summed E-state index contributed by atoms with van der Waals surface area (Å²) in [6, 6.07) is 15.1. The van der Waals surface area contributed by atoms with E-state index in [-0.39, 0.29) is 24.3 Å². The van der Waals surface area contributed by atoms with Gasteiger partial charge >= 0.3 is 0 Å². The number of imidazole rings is 1. The average Bonchev–Trinajstić information content (AvgIpc) is 3.08. The van der Waals surface area contributed by atoms with Crippen molar-refractivity contribution in [3.8, 4) is 5.75 Å². The molecule has 0 radical (unpaired) electrons. The number of benzene rings is 2. The SMILES string of the molecule is COc1ccccc1NC(=O)Cn1c(CCCNC(=O)C(C)C)nc2ccccc21. The number of hydrogen-bond acceptors (Lipinski definition) is 4. The van der Waals surface area contributed by atoms with Crippen molar-refractivity contribution in [3.63, 3.8) is 0 Å². The first-order valence-corrected chi connectivity index (χ1v) is 10.1. The molecule has 158 valence electrons. The van der Waals surface area contributed by atoms with Crippen molar-refractivity contribution in [2.75, 3.05) is 19.0 Å².